The molecule has 40 atom stereocenters. The topological polar surface area (TPSA) is 633 Å². The molecule has 0 saturated carbocycles. The van der Waals surface area contributed by atoms with Crippen molar-refractivity contribution in [2.24, 2.45) is 0 Å². The molecule has 30 aliphatic rings. The Labute approximate surface area is 496 Å². The molecular weight excluding hydrogens is 1220 g/mol. The quantitative estimate of drug-likeness (QED) is 0.107. The molecule has 0 aromatic heterocycles. The first-order chi connectivity index (χ1) is 41.9. The second-order valence-electron chi connectivity index (χ2n) is 22.5. The van der Waals surface area contributed by atoms with Crippen LogP contribution in [0.2, 0.25) is 0 Å². The summed E-state index contributed by atoms with van der Waals surface area (Å²) in [5.41, 5.74) is 0. The van der Waals surface area contributed by atoms with E-state index in [-0.39, 0.29) is 0 Å². The minimum Gasteiger partial charge on any atom is -0.394 e. The molecule has 30 saturated heterocycles. The molecule has 0 radical (unpaired) electrons. The molecule has 0 aromatic rings. The largest absolute Gasteiger partial charge is 0.394 e. The molecule has 88 heavy (non-hydrogen) atoms. The molecule has 16 bridgehead atoms. The van der Waals surface area contributed by atoms with Gasteiger partial charge in [-0.15, -0.1) is 0 Å². The zero-order valence-corrected chi connectivity index (χ0v) is 46.0. The first kappa shape index (κ1) is 70.7. The van der Waals surface area contributed by atoms with Gasteiger partial charge in [0, 0.05) is 0 Å². The van der Waals surface area contributed by atoms with Gasteiger partial charge in [0.25, 0.3) is 0 Å². The van der Waals surface area contributed by atoms with Gasteiger partial charge in [-0.25, -0.2) is 0 Å². The minimum atomic E-state index is -2.25. The van der Waals surface area contributed by atoms with Crippen molar-refractivity contribution in [1.29, 1.82) is 0 Å². The van der Waals surface area contributed by atoms with E-state index in [1.807, 2.05) is 0 Å². The summed E-state index contributed by atoms with van der Waals surface area (Å²) in [6.07, 6.45) is -82.0. The van der Waals surface area contributed by atoms with Crippen molar-refractivity contribution in [2.45, 2.75) is 246 Å². The van der Waals surface area contributed by atoms with E-state index in [9.17, 15) is 123 Å². The van der Waals surface area contributed by atoms with Crippen LogP contribution in [0.5, 0.6) is 0 Å². The molecule has 512 valence electrons. The van der Waals surface area contributed by atoms with E-state index in [2.05, 4.69) is 0 Å². The van der Waals surface area contributed by atoms with Crippen LogP contribution in [0.15, 0.2) is 0 Å². The van der Waals surface area contributed by atoms with Crippen molar-refractivity contribution in [3.05, 3.63) is 0 Å². The van der Waals surface area contributed by atoms with Crippen molar-refractivity contribution < 1.29 is 198 Å². The molecule has 30 rings (SSSR count). The predicted molar refractivity (Wildman–Crippen MR) is 261 cm³/mol. The number of aliphatic hydroxyl groups is 24. The van der Waals surface area contributed by atoms with Crippen molar-refractivity contribution in [2.75, 3.05) is 52.9 Å². The minimum absolute atomic E-state index is 1.08. The molecular formula is C48H80O40. The lowest BCUT2D eigenvalue weighted by Crippen LogP contribution is -2.69. The van der Waals surface area contributed by atoms with Crippen molar-refractivity contribution >= 4 is 0 Å². The maximum absolute atomic E-state index is 11.4. The summed E-state index contributed by atoms with van der Waals surface area (Å²) in [5.74, 6) is 0. The highest BCUT2D eigenvalue weighted by atomic mass is 16.8. The smallest absolute Gasteiger partial charge is 0.187 e. The van der Waals surface area contributed by atoms with E-state index < -0.39 is 299 Å². The molecule has 0 spiro atoms. The summed E-state index contributed by atoms with van der Waals surface area (Å²) >= 11 is 0. The Hall–Kier alpha value is -1.60. The molecule has 0 aliphatic carbocycles. The van der Waals surface area contributed by atoms with Crippen LogP contribution in [0.25, 0.3) is 0 Å². The summed E-state index contributed by atoms with van der Waals surface area (Å²) < 4.78 is 91.1. The van der Waals surface area contributed by atoms with Crippen LogP contribution in [0.3, 0.4) is 0 Å². The summed E-state index contributed by atoms with van der Waals surface area (Å²) in [6, 6.07) is 0. The van der Waals surface area contributed by atoms with Gasteiger partial charge in [0.2, 0.25) is 0 Å². The molecule has 16 unspecified atom stereocenters. The van der Waals surface area contributed by atoms with Gasteiger partial charge >= 0.3 is 0 Å². The lowest BCUT2D eigenvalue weighted by Gasteiger charge is -2.50. The second-order valence-corrected chi connectivity index (χ2v) is 22.5. The van der Waals surface area contributed by atoms with E-state index >= 15 is 0 Å². The molecule has 30 aliphatic heterocycles. The van der Waals surface area contributed by atoms with Gasteiger partial charge in [-0.05, 0) is 0 Å². The molecule has 0 amide bonds. The van der Waals surface area contributed by atoms with Crippen LogP contribution in [-0.4, -0.2) is 421 Å². The number of hydrogen-bond acceptors (Lipinski definition) is 40. The monoisotopic (exact) mass is 1300 g/mol. The average molecular weight is 1300 g/mol. The predicted octanol–water partition coefficient (Wildman–Crippen LogP) is -17.4. The van der Waals surface area contributed by atoms with Gasteiger partial charge in [-0.1, -0.05) is 0 Å². The Kier molecular flexibility index (Phi) is 24.1. The molecule has 40 heteroatoms. The lowest BCUT2D eigenvalue weighted by atomic mass is 9.94. The van der Waals surface area contributed by atoms with Crippen LogP contribution in [-0.2, 0) is 75.8 Å². The van der Waals surface area contributed by atoms with Gasteiger partial charge in [0.05, 0.1) is 52.9 Å². The number of ether oxygens (including phenoxy) is 16. The van der Waals surface area contributed by atoms with Crippen molar-refractivity contribution in [1.82, 2.24) is 0 Å². The van der Waals surface area contributed by atoms with Gasteiger partial charge in [-0.3, -0.25) is 0 Å². The van der Waals surface area contributed by atoms with Crippen molar-refractivity contribution in [3.8, 4) is 0 Å². The summed E-state index contributed by atoms with van der Waals surface area (Å²) in [6.45, 7) is -8.64. The Morgan fingerprint density at radius 2 is 0.227 bits per heavy atom. The summed E-state index contributed by atoms with van der Waals surface area (Å²) in [7, 11) is 0. The normalized spacial score (nSPS) is 55.4. The van der Waals surface area contributed by atoms with Crippen LogP contribution in [0, 0.1) is 0 Å². The Morgan fingerprint density at radius 3 is 0.307 bits per heavy atom. The zero-order valence-electron chi connectivity index (χ0n) is 46.0. The third-order valence-electron chi connectivity index (χ3n) is 16.9. The highest BCUT2D eigenvalue weighted by molar-refractivity contribution is 5.02. The van der Waals surface area contributed by atoms with Gasteiger partial charge in [0.1, 0.15) is 195 Å². The van der Waals surface area contributed by atoms with Crippen LogP contribution in [0.1, 0.15) is 0 Å². The average Bonchev–Trinajstić information content (AvgIpc) is 0.985. The molecule has 0 aromatic carbocycles. The standard InChI is InChI=1S/C48H80O40/c49-1-9-33-17(57)25(65)41(73-9)82-34-10(2-50)75-43(27(67)19(34)59)84-36-12(4-52)77-45(29(69)21(36)61)86-38-14(6-54)79-47(31(71)23(38)63)88-40-16(8-56)80-48(32(72)24(40)64)87-39-15(7-55)78-46(30(70)22(39)62)85-37-13(5-53)76-44(28(68)20(37)60)83-35-11(3-51)74-42(81-33)26(66)18(35)58/h9-72H,1-8H2/t9?,10?,11?,12?,13?,14?,15?,16?,17-,18-,19-,20-,21-,22-,23-,24-,25?,26?,27?,28?,29?,30?,31?,32?,33-,34-,35-,36-,37-,38-,39-,40-,41-,42-,43-,44-,45-,46-,47-,48+/m1/s1. The fourth-order valence-corrected chi connectivity index (χ4v) is 11.9. The fourth-order valence-electron chi connectivity index (χ4n) is 11.9. The SMILES string of the molecule is OCC1O[C@@H]2O[C@@H]3C(CO)O[C@H](O[C@@H]4C(CO)O[C@H](O[C@@H]5C(CO)O[C@H](O[C@@H]6C(CO)O[C@@H](O[C@@H]7C(CO)O[C@H](O[C@@H]8C(CO)O[C@H](O[C@@H]9C(CO)O[C@H](O[C@H]1[C@H](O)C2O)C(O)[C@H]9O)C(O)[C@H]8O)C(O)[C@H]7O)C(O)[C@H]6O)C(O)[C@H]5O)C(O)[C@H]4O)C(O)[C@H]3O. The third kappa shape index (κ3) is 13.8. The van der Waals surface area contributed by atoms with E-state index in [1.165, 1.54) is 0 Å². The summed E-state index contributed by atoms with van der Waals surface area (Å²) in [5, 5.41) is 265. The molecule has 30 heterocycles. The Bertz CT molecular complexity index is 1700. The molecule has 24 N–H and O–H groups in total. The van der Waals surface area contributed by atoms with Crippen LogP contribution >= 0.6 is 0 Å². The van der Waals surface area contributed by atoms with Gasteiger partial charge < -0.3 is 198 Å². The van der Waals surface area contributed by atoms with Gasteiger partial charge in [-0.2, -0.15) is 0 Å². The number of aliphatic hydroxyl groups excluding tert-OH is 24. The lowest BCUT2D eigenvalue weighted by molar-refractivity contribution is -0.404. The zero-order chi connectivity index (χ0) is 64.1. The number of rotatable bonds is 8. The van der Waals surface area contributed by atoms with E-state index in [1.54, 1.807) is 0 Å². The third-order valence-corrected chi connectivity index (χ3v) is 16.9. The summed E-state index contributed by atoms with van der Waals surface area (Å²) in [4.78, 5) is 0. The Morgan fingerprint density at radius 1 is 0.136 bits per heavy atom. The Balaban J connectivity index is 0.975. The van der Waals surface area contributed by atoms with Crippen molar-refractivity contribution in [3.63, 3.8) is 0 Å². The first-order valence-corrected chi connectivity index (χ1v) is 28.1. The van der Waals surface area contributed by atoms with Gasteiger partial charge in [0.15, 0.2) is 50.3 Å². The van der Waals surface area contributed by atoms with E-state index in [0.29, 0.717) is 0 Å². The van der Waals surface area contributed by atoms with Crippen LogP contribution in [0.4, 0.5) is 0 Å². The fraction of sp³-hybridized carbons (Fsp3) is 1.00. The molecule has 40 nitrogen and oxygen atoms in total. The van der Waals surface area contributed by atoms with Crippen LogP contribution < -0.4 is 0 Å². The van der Waals surface area contributed by atoms with E-state index in [4.69, 9.17) is 75.8 Å². The first-order valence-electron chi connectivity index (χ1n) is 28.1. The maximum Gasteiger partial charge on any atom is 0.187 e. The highest BCUT2D eigenvalue weighted by Gasteiger charge is 2.60. The number of hydrogen-bond donors (Lipinski definition) is 24. The van der Waals surface area contributed by atoms with E-state index in [0.717, 1.165) is 0 Å². The maximum atomic E-state index is 11.4. The second kappa shape index (κ2) is 30.0. The highest BCUT2D eigenvalue weighted by Crippen LogP contribution is 2.40. The molecule has 30 fully saturated rings.